The Kier molecular flexibility index (Phi) is 6.03. The highest BCUT2D eigenvalue weighted by Crippen LogP contribution is 2.58. The van der Waals surface area contributed by atoms with Crippen LogP contribution in [0.5, 0.6) is 0 Å². The molecule has 4 nitrogen and oxygen atoms in total. The van der Waals surface area contributed by atoms with Gasteiger partial charge in [0.1, 0.15) is 5.69 Å². The minimum atomic E-state index is -1.61. The highest BCUT2D eigenvalue weighted by Gasteiger charge is 2.62. The highest BCUT2D eigenvalue weighted by atomic mass is 16.6. The second-order valence-electron chi connectivity index (χ2n) is 14.4. The van der Waals surface area contributed by atoms with E-state index < -0.39 is 11.3 Å². The van der Waals surface area contributed by atoms with Crippen LogP contribution in [-0.4, -0.2) is 17.2 Å². The second kappa shape index (κ2) is 9.20. The summed E-state index contributed by atoms with van der Waals surface area (Å²) in [4.78, 5) is 5.14. The molecule has 43 heavy (non-hydrogen) atoms. The Hall–Kier alpha value is -3.60. The number of aliphatic hydroxyl groups is 1. The predicted molar refractivity (Wildman–Crippen MR) is 175 cm³/mol. The van der Waals surface area contributed by atoms with Crippen LogP contribution < -0.4 is 4.57 Å². The number of benzene rings is 4. The van der Waals surface area contributed by atoms with Crippen molar-refractivity contribution in [2.75, 3.05) is 7.11 Å². The highest BCUT2D eigenvalue weighted by molar-refractivity contribution is 6.03. The molecule has 0 saturated heterocycles. The number of aromatic nitrogens is 2. The average Bonchev–Trinajstić information content (AvgIpc) is 3.23. The first-order valence-corrected chi connectivity index (χ1v) is 15.7. The topological polar surface area (TPSA) is 46.2 Å². The van der Waals surface area contributed by atoms with E-state index in [2.05, 4.69) is 115 Å². The van der Waals surface area contributed by atoms with E-state index in [4.69, 9.17) is 9.72 Å². The minimum Gasteiger partial charge on any atom is -0.329 e. The molecule has 1 aliphatic carbocycles. The quantitative estimate of drug-likeness (QED) is 0.174. The largest absolute Gasteiger partial charge is 0.334 e. The van der Waals surface area contributed by atoms with Crippen molar-refractivity contribution in [2.24, 2.45) is 5.41 Å². The van der Waals surface area contributed by atoms with Crippen LogP contribution in [0.2, 0.25) is 0 Å². The molecule has 4 aromatic carbocycles. The number of ether oxygens (including phenoxy) is 1. The Bertz CT molecular complexity index is 1940. The zero-order chi connectivity index (χ0) is 30.5. The fourth-order valence-corrected chi connectivity index (χ4v) is 8.60. The average molecular weight is 572 g/mol. The molecule has 0 spiro atoms. The van der Waals surface area contributed by atoms with Gasteiger partial charge in [0.15, 0.2) is 5.69 Å². The number of hydrogen-bond acceptors (Lipinski definition) is 3. The van der Waals surface area contributed by atoms with Crippen molar-refractivity contribution in [3.8, 4) is 22.5 Å². The predicted octanol–water partition coefficient (Wildman–Crippen LogP) is 8.56. The molecule has 0 fully saturated rings. The van der Waals surface area contributed by atoms with E-state index in [9.17, 15) is 5.11 Å². The van der Waals surface area contributed by atoms with Crippen LogP contribution in [0, 0.1) is 5.41 Å². The summed E-state index contributed by atoms with van der Waals surface area (Å²) >= 11 is 0. The van der Waals surface area contributed by atoms with E-state index in [1.54, 1.807) is 7.11 Å². The molecule has 7 rings (SSSR count). The van der Waals surface area contributed by atoms with Crippen molar-refractivity contribution in [1.29, 1.82) is 0 Å². The molecule has 2 heterocycles. The second-order valence-corrected chi connectivity index (χ2v) is 14.4. The van der Waals surface area contributed by atoms with Crippen molar-refractivity contribution in [3.05, 3.63) is 95.3 Å². The summed E-state index contributed by atoms with van der Waals surface area (Å²) in [5.74, 6) is -1.61. The molecule has 220 valence electrons. The van der Waals surface area contributed by atoms with Gasteiger partial charge in [-0.15, -0.1) is 0 Å². The van der Waals surface area contributed by atoms with Crippen LogP contribution in [0.15, 0.2) is 73.1 Å². The summed E-state index contributed by atoms with van der Waals surface area (Å²) < 4.78 is 8.18. The van der Waals surface area contributed by atoms with Crippen LogP contribution in [0.4, 0.5) is 0 Å². The van der Waals surface area contributed by atoms with Crippen molar-refractivity contribution in [2.45, 2.75) is 84.5 Å². The molecular weight excluding hydrogens is 528 g/mol. The molecule has 2 aliphatic rings. The van der Waals surface area contributed by atoms with Gasteiger partial charge in [0.25, 0.3) is 6.33 Å². The number of rotatable bonds is 4. The van der Waals surface area contributed by atoms with Gasteiger partial charge in [0.05, 0.1) is 11.0 Å². The zero-order valence-corrected chi connectivity index (χ0v) is 26.8. The monoisotopic (exact) mass is 571 g/mol. The molecule has 1 aliphatic heterocycles. The maximum atomic E-state index is 12.8. The summed E-state index contributed by atoms with van der Waals surface area (Å²) in [5, 5.41) is 17.7. The molecule has 4 heteroatoms. The summed E-state index contributed by atoms with van der Waals surface area (Å²) in [6, 6.07) is 24.4. The fraction of sp³-hybridized carbons (Fsp3) is 0.385. The minimum absolute atomic E-state index is 0.152. The van der Waals surface area contributed by atoms with Crippen molar-refractivity contribution < 1.29 is 14.4 Å². The molecule has 0 bridgehead atoms. The normalized spacial score (nSPS) is 19.7. The molecule has 0 saturated carbocycles. The van der Waals surface area contributed by atoms with E-state index in [1.807, 2.05) is 10.9 Å². The first kappa shape index (κ1) is 28.2. The van der Waals surface area contributed by atoms with Gasteiger partial charge in [-0.05, 0) is 74.0 Å². The SMILES string of the molecule is CCC1(CC)c2ccc3c(CC(C)(C)C)cccc3c2-c2c3c(nc[n+]2C1(O)OC)-c1ccc2ccccc2c1C3(C)C. The van der Waals surface area contributed by atoms with E-state index in [0.717, 1.165) is 28.9 Å². The maximum absolute atomic E-state index is 12.8. The van der Waals surface area contributed by atoms with E-state index in [0.29, 0.717) is 12.8 Å². The lowest BCUT2D eigenvalue weighted by atomic mass is 9.65. The van der Waals surface area contributed by atoms with Gasteiger partial charge in [0.2, 0.25) is 0 Å². The van der Waals surface area contributed by atoms with Gasteiger partial charge in [-0.2, -0.15) is 4.57 Å². The molecule has 5 aromatic rings. The molecule has 1 unspecified atom stereocenters. The van der Waals surface area contributed by atoms with Crippen LogP contribution in [0.25, 0.3) is 44.1 Å². The van der Waals surface area contributed by atoms with Crippen LogP contribution in [0.3, 0.4) is 0 Å². The van der Waals surface area contributed by atoms with Gasteiger partial charge >= 0.3 is 5.91 Å². The van der Waals surface area contributed by atoms with Crippen molar-refractivity contribution in [3.63, 3.8) is 0 Å². The summed E-state index contributed by atoms with van der Waals surface area (Å²) in [7, 11) is 1.63. The van der Waals surface area contributed by atoms with Crippen LogP contribution in [-0.2, 0) is 27.9 Å². The lowest BCUT2D eigenvalue weighted by Gasteiger charge is -2.48. The Morgan fingerprint density at radius 3 is 2.26 bits per heavy atom. The Balaban J connectivity index is 1.66. The number of hydrogen-bond donors (Lipinski definition) is 1. The van der Waals surface area contributed by atoms with Gasteiger partial charge in [-0.3, -0.25) is 0 Å². The smallest absolute Gasteiger partial charge is 0.329 e. The summed E-state index contributed by atoms with van der Waals surface area (Å²) in [6.45, 7) is 15.9. The van der Waals surface area contributed by atoms with Crippen LogP contribution in [0.1, 0.15) is 83.6 Å². The fourth-order valence-electron chi connectivity index (χ4n) is 8.60. The summed E-state index contributed by atoms with van der Waals surface area (Å²) in [6.07, 6.45) is 4.24. The van der Waals surface area contributed by atoms with Gasteiger partial charge in [-0.25, -0.2) is 0 Å². The number of fused-ring (bicyclic) bond motifs is 11. The standard InChI is InChI=1S/C39H43N2O2/c1-9-38(10-2)30-21-20-26-25(22-36(3,4)5)15-13-17-28(26)31(30)35-33-34(40-23-41(35)39(38,42)43-8)29-19-18-24-14-11-12-16-27(24)32(29)37(33,6)7/h11-21,23,42H,9-10,22H2,1-8H3/q+1. The van der Waals surface area contributed by atoms with Crippen molar-refractivity contribution >= 4 is 21.5 Å². The van der Waals surface area contributed by atoms with E-state index >= 15 is 0 Å². The third-order valence-corrected chi connectivity index (χ3v) is 10.5. The molecule has 1 aromatic heterocycles. The zero-order valence-electron chi connectivity index (χ0n) is 26.8. The number of nitrogens with zero attached hydrogens (tertiary/aromatic N) is 2. The third-order valence-electron chi connectivity index (χ3n) is 10.5. The maximum Gasteiger partial charge on any atom is 0.334 e. The van der Waals surface area contributed by atoms with Gasteiger partial charge < -0.3 is 9.84 Å². The first-order valence-electron chi connectivity index (χ1n) is 15.7. The first-order chi connectivity index (χ1) is 20.4. The van der Waals surface area contributed by atoms with Gasteiger partial charge in [0, 0.05) is 23.7 Å². The lowest BCUT2D eigenvalue weighted by molar-refractivity contribution is -0.862. The summed E-state index contributed by atoms with van der Waals surface area (Å²) in [5.41, 5.74) is 8.41. The lowest BCUT2D eigenvalue weighted by Crippen LogP contribution is -2.71. The van der Waals surface area contributed by atoms with Crippen molar-refractivity contribution in [1.82, 2.24) is 4.98 Å². The third kappa shape index (κ3) is 3.57. The molecule has 1 atom stereocenters. The molecular formula is C39H43N2O2+. The Labute approximate surface area is 255 Å². The van der Waals surface area contributed by atoms with E-state index in [1.165, 1.54) is 43.8 Å². The molecule has 0 amide bonds. The van der Waals surface area contributed by atoms with Crippen LogP contribution >= 0.6 is 0 Å². The molecule has 1 N–H and O–H groups in total. The van der Waals surface area contributed by atoms with E-state index in [-0.39, 0.29) is 10.8 Å². The molecule has 0 radical (unpaired) electrons. The van der Waals surface area contributed by atoms with Gasteiger partial charge in [-0.1, -0.05) is 109 Å². The Morgan fingerprint density at radius 1 is 0.837 bits per heavy atom. The number of methoxy groups -OCH3 is 1. The Morgan fingerprint density at radius 2 is 1.56 bits per heavy atom.